The van der Waals surface area contributed by atoms with Gasteiger partial charge < -0.3 is 4.90 Å². The van der Waals surface area contributed by atoms with E-state index >= 15 is 0 Å². The lowest BCUT2D eigenvalue weighted by Crippen LogP contribution is -2.39. The van der Waals surface area contributed by atoms with Gasteiger partial charge in [-0.25, -0.2) is 9.50 Å². The molecule has 1 amide bonds. The summed E-state index contributed by atoms with van der Waals surface area (Å²) in [6.45, 7) is 7.25. The van der Waals surface area contributed by atoms with E-state index in [1.165, 1.54) is 0 Å². The minimum atomic E-state index is -0.0436. The summed E-state index contributed by atoms with van der Waals surface area (Å²) in [5.41, 5.74) is 4.92. The van der Waals surface area contributed by atoms with Crippen LogP contribution in [0.25, 0.3) is 5.65 Å². The van der Waals surface area contributed by atoms with Gasteiger partial charge in [0, 0.05) is 48.9 Å². The molecule has 0 N–H and O–H groups in total. The van der Waals surface area contributed by atoms with Gasteiger partial charge in [0.1, 0.15) is 0 Å². The molecule has 26 heavy (non-hydrogen) atoms. The van der Waals surface area contributed by atoms with Crippen LogP contribution < -0.4 is 0 Å². The van der Waals surface area contributed by atoms with Crippen molar-refractivity contribution in [2.24, 2.45) is 0 Å². The molecule has 4 heterocycles. The van der Waals surface area contributed by atoms with Crippen molar-refractivity contribution in [3.05, 3.63) is 53.0 Å². The molecule has 0 saturated carbocycles. The first-order valence-electron chi connectivity index (χ1n) is 8.93. The van der Waals surface area contributed by atoms with Crippen molar-refractivity contribution in [2.45, 2.75) is 39.5 Å². The number of likely N-dealkylation sites (tertiary alicyclic amines) is 1. The number of amides is 1. The quantitative estimate of drug-likeness (QED) is 0.710. The molecule has 0 unspecified atom stereocenters. The second-order valence-corrected chi connectivity index (χ2v) is 7.01. The minimum Gasteiger partial charge on any atom is -0.337 e. The maximum absolute atomic E-state index is 13.0. The van der Waals surface area contributed by atoms with Crippen LogP contribution in [0.5, 0.6) is 0 Å². The zero-order valence-corrected chi connectivity index (χ0v) is 15.3. The summed E-state index contributed by atoms with van der Waals surface area (Å²) in [5.74, 6) is 0.178. The monoisotopic (exact) mass is 350 g/mol. The number of nitrogens with zero attached hydrogens (tertiary/aromatic N) is 6. The van der Waals surface area contributed by atoms with Gasteiger partial charge in [-0.3, -0.25) is 14.8 Å². The molecule has 1 aliphatic heterocycles. The Balaban J connectivity index is 1.59. The number of aryl methyl sites for hydroxylation is 3. The van der Waals surface area contributed by atoms with E-state index in [0.717, 1.165) is 42.2 Å². The Kier molecular flexibility index (Phi) is 4.14. The van der Waals surface area contributed by atoms with Gasteiger partial charge in [0.25, 0.3) is 5.91 Å². The van der Waals surface area contributed by atoms with Gasteiger partial charge in [0.2, 0.25) is 0 Å². The average molecular weight is 350 g/mol. The first-order chi connectivity index (χ1) is 12.5. The van der Waals surface area contributed by atoms with Gasteiger partial charge >= 0.3 is 0 Å². The predicted molar refractivity (Wildman–Crippen MR) is 97.1 cm³/mol. The molecule has 1 fully saturated rings. The third kappa shape index (κ3) is 3.05. The molecule has 0 aliphatic carbocycles. The van der Waals surface area contributed by atoms with E-state index in [1.807, 2.05) is 37.9 Å². The summed E-state index contributed by atoms with van der Waals surface area (Å²) in [5, 5.41) is 4.48. The fraction of sp³-hybridized carbons (Fsp3) is 0.421. The third-order valence-corrected chi connectivity index (χ3v) is 4.85. The fourth-order valence-corrected chi connectivity index (χ4v) is 3.64. The van der Waals surface area contributed by atoms with E-state index in [9.17, 15) is 4.79 Å². The molecule has 1 saturated heterocycles. The van der Waals surface area contributed by atoms with Gasteiger partial charge in [-0.15, -0.1) is 0 Å². The second-order valence-electron chi connectivity index (χ2n) is 7.01. The number of carbonyl (C=O) groups is 1. The SMILES string of the molecule is Cc1cncc([C@H]2CCCN(C(=O)c3cc4nc(C)cc(C)n4n3)C2)n1. The highest BCUT2D eigenvalue weighted by molar-refractivity contribution is 5.93. The fourth-order valence-electron chi connectivity index (χ4n) is 3.64. The standard InChI is InChI=1S/C19H22N6O/c1-12-7-14(3)25-18(22-12)8-16(23-25)19(26)24-6-4-5-15(11-24)17-10-20-9-13(2)21-17/h7-10,15H,4-6,11H2,1-3H3/t15-/m0/s1. The molecule has 4 rings (SSSR count). The molecule has 134 valence electrons. The number of hydrogen-bond donors (Lipinski definition) is 0. The average Bonchev–Trinajstić information content (AvgIpc) is 3.05. The Morgan fingerprint density at radius 1 is 1.12 bits per heavy atom. The topological polar surface area (TPSA) is 76.3 Å². The molecule has 0 aromatic carbocycles. The third-order valence-electron chi connectivity index (χ3n) is 4.85. The molecular weight excluding hydrogens is 328 g/mol. The second kappa shape index (κ2) is 6.48. The summed E-state index contributed by atoms with van der Waals surface area (Å²) >= 11 is 0. The first-order valence-corrected chi connectivity index (χ1v) is 8.93. The molecule has 0 radical (unpaired) electrons. The molecule has 7 heteroatoms. The van der Waals surface area contributed by atoms with Gasteiger partial charge in [0.05, 0.1) is 11.4 Å². The summed E-state index contributed by atoms with van der Waals surface area (Å²) < 4.78 is 1.73. The van der Waals surface area contributed by atoms with Gasteiger partial charge in [-0.1, -0.05) is 0 Å². The Morgan fingerprint density at radius 3 is 2.77 bits per heavy atom. The lowest BCUT2D eigenvalue weighted by Gasteiger charge is -2.32. The van der Waals surface area contributed by atoms with E-state index < -0.39 is 0 Å². The molecule has 0 bridgehead atoms. The molecule has 3 aromatic rings. The molecule has 1 atom stereocenters. The summed E-state index contributed by atoms with van der Waals surface area (Å²) in [6.07, 6.45) is 5.54. The number of hydrogen-bond acceptors (Lipinski definition) is 5. The van der Waals surface area contributed by atoms with Crippen molar-refractivity contribution in [1.82, 2.24) is 29.5 Å². The van der Waals surface area contributed by atoms with Gasteiger partial charge in [-0.05, 0) is 39.7 Å². The van der Waals surface area contributed by atoms with Crippen molar-refractivity contribution in [3.63, 3.8) is 0 Å². The van der Waals surface area contributed by atoms with Gasteiger partial charge in [0.15, 0.2) is 11.3 Å². The number of carbonyl (C=O) groups excluding carboxylic acids is 1. The van der Waals surface area contributed by atoms with Crippen LogP contribution in [-0.2, 0) is 0 Å². The summed E-state index contributed by atoms with van der Waals surface area (Å²) in [4.78, 5) is 28.2. The molecule has 0 spiro atoms. The lowest BCUT2D eigenvalue weighted by molar-refractivity contribution is 0.0699. The number of piperidine rings is 1. The molecule has 1 aliphatic rings. The maximum Gasteiger partial charge on any atom is 0.274 e. The normalized spacial score (nSPS) is 17.7. The summed E-state index contributed by atoms with van der Waals surface area (Å²) in [7, 11) is 0. The van der Waals surface area contributed by atoms with Crippen LogP contribution in [0, 0.1) is 20.8 Å². The van der Waals surface area contributed by atoms with E-state index in [0.29, 0.717) is 17.9 Å². The molecular formula is C19H22N6O. The van der Waals surface area contributed by atoms with Crippen LogP contribution >= 0.6 is 0 Å². The Morgan fingerprint density at radius 2 is 1.96 bits per heavy atom. The highest BCUT2D eigenvalue weighted by Gasteiger charge is 2.28. The number of rotatable bonds is 2. The summed E-state index contributed by atoms with van der Waals surface area (Å²) in [6, 6.07) is 3.74. The van der Waals surface area contributed by atoms with Crippen LogP contribution in [0.1, 0.15) is 52.0 Å². The van der Waals surface area contributed by atoms with E-state index in [2.05, 4.69) is 20.1 Å². The van der Waals surface area contributed by atoms with Crippen molar-refractivity contribution in [3.8, 4) is 0 Å². The van der Waals surface area contributed by atoms with Crippen molar-refractivity contribution >= 4 is 11.6 Å². The minimum absolute atomic E-state index is 0.0436. The van der Waals surface area contributed by atoms with Crippen molar-refractivity contribution in [2.75, 3.05) is 13.1 Å². The van der Waals surface area contributed by atoms with Crippen LogP contribution in [0.15, 0.2) is 24.5 Å². The molecule has 7 nitrogen and oxygen atoms in total. The van der Waals surface area contributed by atoms with E-state index in [1.54, 1.807) is 16.8 Å². The Labute approximate surface area is 152 Å². The predicted octanol–water partition coefficient (Wildman–Crippen LogP) is 2.46. The van der Waals surface area contributed by atoms with Crippen molar-refractivity contribution < 1.29 is 4.79 Å². The highest BCUT2D eigenvalue weighted by atomic mass is 16.2. The van der Waals surface area contributed by atoms with Crippen LogP contribution in [0.3, 0.4) is 0 Å². The maximum atomic E-state index is 13.0. The Hall–Kier alpha value is -2.83. The van der Waals surface area contributed by atoms with Crippen LogP contribution in [0.4, 0.5) is 0 Å². The van der Waals surface area contributed by atoms with E-state index in [-0.39, 0.29) is 11.8 Å². The largest absolute Gasteiger partial charge is 0.337 e. The van der Waals surface area contributed by atoms with E-state index in [4.69, 9.17) is 0 Å². The smallest absolute Gasteiger partial charge is 0.274 e. The molecule has 3 aromatic heterocycles. The van der Waals surface area contributed by atoms with Crippen LogP contribution in [0.2, 0.25) is 0 Å². The number of fused-ring (bicyclic) bond motifs is 1. The zero-order chi connectivity index (χ0) is 18.3. The van der Waals surface area contributed by atoms with Gasteiger partial charge in [-0.2, -0.15) is 5.10 Å². The lowest BCUT2D eigenvalue weighted by atomic mass is 9.94. The zero-order valence-electron chi connectivity index (χ0n) is 15.3. The Bertz CT molecular complexity index is 979. The van der Waals surface area contributed by atoms with Crippen molar-refractivity contribution in [1.29, 1.82) is 0 Å². The highest BCUT2D eigenvalue weighted by Crippen LogP contribution is 2.26. The number of aromatic nitrogens is 5. The first kappa shape index (κ1) is 16.6. The van der Waals surface area contributed by atoms with Crippen LogP contribution in [-0.4, -0.2) is 48.5 Å².